The number of pyridine rings is 1. The second kappa shape index (κ2) is 6.55. The first-order valence-electron chi connectivity index (χ1n) is 7.50. The third-order valence-electron chi connectivity index (χ3n) is 3.62. The van der Waals surface area contributed by atoms with Crippen molar-refractivity contribution < 1.29 is 0 Å². The molecule has 2 aromatic heterocycles. The molecule has 3 aromatic rings. The van der Waals surface area contributed by atoms with Crippen molar-refractivity contribution in [2.45, 2.75) is 26.3 Å². The Morgan fingerprint density at radius 3 is 2.71 bits per heavy atom. The van der Waals surface area contributed by atoms with E-state index in [-0.39, 0.29) is 0 Å². The maximum absolute atomic E-state index is 4.44. The minimum atomic E-state index is 0.905. The third kappa shape index (κ3) is 3.70. The van der Waals surface area contributed by atoms with E-state index < -0.39 is 0 Å². The lowest BCUT2D eigenvalue weighted by atomic mass is 10.1. The summed E-state index contributed by atoms with van der Waals surface area (Å²) in [6.45, 7) is 3.96. The zero-order valence-corrected chi connectivity index (χ0v) is 12.4. The molecule has 0 spiro atoms. The van der Waals surface area contributed by atoms with E-state index in [2.05, 4.69) is 69.6 Å². The molecule has 1 N–H and O–H groups in total. The molecule has 2 heterocycles. The quantitative estimate of drug-likeness (QED) is 0.701. The number of benzene rings is 1. The molecule has 0 saturated heterocycles. The van der Waals surface area contributed by atoms with Gasteiger partial charge in [-0.1, -0.05) is 36.4 Å². The molecular weight excluding hydrogens is 258 g/mol. The van der Waals surface area contributed by atoms with Gasteiger partial charge in [0.05, 0.1) is 5.69 Å². The molecule has 21 heavy (non-hydrogen) atoms. The smallest absolute Gasteiger partial charge is 0.136 e. The van der Waals surface area contributed by atoms with Gasteiger partial charge in [-0.2, -0.15) is 0 Å². The van der Waals surface area contributed by atoms with E-state index in [0.29, 0.717) is 0 Å². The first-order chi connectivity index (χ1) is 10.3. The normalized spacial score (nSPS) is 11.1. The molecule has 0 amide bonds. The van der Waals surface area contributed by atoms with Crippen molar-refractivity contribution in [1.82, 2.24) is 14.7 Å². The molecule has 3 nitrogen and oxygen atoms in total. The SMILES string of the molecule is Cc1cn2cc(CNCCCc3ccccc3)ccc2n1. The fourth-order valence-corrected chi connectivity index (χ4v) is 2.56. The Kier molecular flexibility index (Phi) is 4.31. The monoisotopic (exact) mass is 279 g/mol. The van der Waals surface area contributed by atoms with Gasteiger partial charge in [-0.25, -0.2) is 4.98 Å². The largest absolute Gasteiger partial charge is 0.313 e. The number of nitrogens with zero attached hydrogens (tertiary/aromatic N) is 2. The average Bonchev–Trinajstić information content (AvgIpc) is 2.87. The molecule has 0 fully saturated rings. The van der Waals surface area contributed by atoms with Crippen LogP contribution in [0.5, 0.6) is 0 Å². The minimum Gasteiger partial charge on any atom is -0.313 e. The summed E-state index contributed by atoms with van der Waals surface area (Å²) in [7, 11) is 0. The number of hydrogen-bond acceptors (Lipinski definition) is 2. The summed E-state index contributed by atoms with van der Waals surface area (Å²) in [6, 6.07) is 14.9. The summed E-state index contributed by atoms with van der Waals surface area (Å²) < 4.78 is 2.09. The van der Waals surface area contributed by atoms with Crippen molar-refractivity contribution in [3.63, 3.8) is 0 Å². The van der Waals surface area contributed by atoms with E-state index in [1.807, 2.05) is 6.92 Å². The second-order valence-electron chi connectivity index (χ2n) is 5.45. The van der Waals surface area contributed by atoms with Crippen LogP contribution in [-0.2, 0) is 13.0 Å². The van der Waals surface area contributed by atoms with Gasteiger partial charge in [0.2, 0.25) is 0 Å². The van der Waals surface area contributed by atoms with E-state index in [9.17, 15) is 0 Å². The maximum Gasteiger partial charge on any atom is 0.136 e. The fourth-order valence-electron chi connectivity index (χ4n) is 2.56. The minimum absolute atomic E-state index is 0.905. The zero-order valence-electron chi connectivity index (χ0n) is 12.4. The summed E-state index contributed by atoms with van der Waals surface area (Å²) >= 11 is 0. The number of hydrogen-bond donors (Lipinski definition) is 1. The molecule has 0 unspecified atom stereocenters. The second-order valence-corrected chi connectivity index (χ2v) is 5.45. The molecule has 108 valence electrons. The number of nitrogens with one attached hydrogen (secondary N) is 1. The Labute approximate surface area is 125 Å². The number of rotatable bonds is 6. The van der Waals surface area contributed by atoms with Gasteiger partial charge in [0.1, 0.15) is 5.65 Å². The van der Waals surface area contributed by atoms with Gasteiger partial charge in [0.15, 0.2) is 0 Å². The van der Waals surface area contributed by atoms with Gasteiger partial charge in [-0.05, 0) is 43.5 Å². The highest BCUT2D eigenvalue weighted by Gasteiger charge is 1.99. The van der Waals surface area contributed by atoms with Crippen LogP contribution in [0.15, 0.2) is 54.9 Å². The van der Waals surface area contributed by atoms with Gasteiger partial charge >= 0.3 is 0 Å². The Balaban J connectivity index is 1.46. The van der Waals surface area contributed by atoms with Crippen LogP contribution < -0.4 is 5.32 Å². The van der Waals surface area contributed by atoms with Crippen LogP contribution in [-0.4, -0.2) is 15.9 Å². The summed E-state index contributed by atoms with van der Waals surface area (Å²) in [5.41, 5.74) is 4.78. The zero-order chi connectivity index (χ0) is 14.5. The van der Waals surface area contributed by atoms with Crippen LogP contribution in [0.1, 0.15) is 23.2 Å². The predicted molar refractivity (Wildman–Crippen MR) is 86.4 cm³/mol. The Morgan fingerprint density at radius 2 is 1.86 bits per heavy atom. The Hall–Kier alpha value is -2.13. The number of imidazole rings is 1. The van der Waals surface area contributed by atoms with Crippen LogP contribution in [0, 0.1) is 6.92 Å². The molecule has 0 aliphatic rings. The van der Waals surface area contributed by atoms with Crippen molar-refractivity contribution >= 4 is 5.65 Å². The average molecular weight is 279 g/mol. The highest BCUT2D eigenvalue weighted by atomic mass is 15.0. The van der Waals surface area contributed by atoms with Crippen LogP contribution >= 0.6 is 0 Å². The van der Waals surface area contributed by atoms with Crippen molar-refractivity contribution in [1.29, 1.82) is 0 Å². The van der Waals surface area contributed by atoms with Gasteiger partial charge in [0, 0.05) is 18.9 Å². The van der Waals surface area contributed by atoms with Crippen LogP contribution in [0.3, 0.4) is 0 Å². The molecule has 1 aromatic carbocycles. The van der Waals surface area contributed by atoms with E-state index in [1.165, 1.54) is 11.1 Å². The molecule has 3 rings (SSSR count). The summed E-state index contributed by atoms with van der Waals surface area (Å²) in [5.74, 6) is 0. The molecule has 0 aliphatic heterocycles. The van der Waals surface area contributed by atoms with E-state index in [1.54, 1.807) is 0 Å². The standard InChI is InChI=1S/C18H21N3/c1-15-13-21-14-17(9-10-18(21)20-15)12-19-11-5-8-16-6-3-2-4-7-16/h2-4,6-7,9-10,13-14,19H,5,8,11-12H2,1H3. The number of aromatic nitrogens is 2. The Bertz CT molecular complexity index is 701. The highest BCUT2D eigenvalue weighted by molar-refractivity contribution is 5.41. The molecule has 0 bridgehead atoms. The number of fused-ring (bicyclic) bond motifs is 1. The molecule has 0 aliphatic carbocycles. The first-order valence-corrected chi connectivity index (χ1v) is 7.50. The molecular formula is C18H21N3. The van der Waals surface area contributed by atoms with Gasteiger partial charge in [0.25, 0.3) is 0 Å². The van der Waals surface area contributed by atoms with Crippen molar-refractivity contribution in [3.05, 3.63) is 71.7 Å². The van der Waals surface area contributed by atoms with Gasteiger partial charge in [-0.3, -0.25) is 0 Å². The lowest BCUT2D eigenvalue weighted by Crippen LogP contribution is -2.15. The van der Waals surface area contributed by atoms with Crippen LogP contribution in [0.4, 0.5) is 0 Å². The van der Waals surface area contributed by atoms with E-state index in [0.717, 1.165) is 37.3 Å². The first kappa shape index (κ1) is 13.8. The third-order valence-corrected chi connectivity index (χ3v) is 3.62. The van der Waals surface area contributed by atoms with Crippen LogP contribution in [0.25, 0.3) is 5.65 Å². The number of aryl methyl sites for hydroxylation is 2. The van der Waals surface area contributed by atoms with E-state index in [4.69, 9.17) is 0 Å². The molecule has 3 heteroatoms. The molecule has 0 atom stereocenters. The Morgan fingerprint density at radius 1 is 1.00 bits per heavy atom. The van der Waals surface area contributed by atoms with Gasteiger partial charge in [-0.15, -0.1) is 0 Å². The summed E-state index contributed by atoms with van der Waals surface area (Å²) in [6.07, 6.45) is 6.51. The maximum atomic E-state index is 4.44. The van der Waals surface area contributed by atoms with Crippen molar-refractivity contribution in [3.8, 4) is 0 Å². The summed E-state index contributed by atoms with van der Waals surface area (Å²) in [5, 5.41) is 3.51. The van der Waals surface area contributed by atoms with Crippen LogP contribution in [0.2, 0.25) is 0 Å². The van der Waals surface area contributed by atoms with Crippen molar-refractivity contribution in [2.75, 3.05) is 6.54 Å². The van der Waals surface area contributed by atoms with Gasteiger partial charge < -0.3 is 9.72 Å². The lowest BCUT2D eigenvalue weighted by Gasteiger charge is -2.06. The van der Waals surface area contributed by atoms with Crippen molar-refractivity contribution in [2.24, 2.45) is 0 Å². The topological polar surface area (TPSA) is 29.3 Å². The fraction of sp³-hybridized carbons (Fsp3) is 0.278. The van der Waals surface area contributed by atoms with E-state index >= 15 is 0 Å². The predicted octanol–water partition coefficient (Wildman–Crippen LogP) is 3.37. The summed E-state index contributed by atoms with van der Waals surface area (Å²) in [4.78, 5) is 4.44. The lowest BCUT2D eigenvalue weighted by molar-refractivity contribution is 0.648. The molecule has 0 saturated carbocycles. The highest BCUT2D eigenvalue weighted by Crippen LogP contribution is 2.07. The molecule has 0 radical (unpaired) electrons.